The number of anilines is 2. The van der Waals surface area contributed by atoms with Crippen LogP contribution < -0.4 is 20.9 Å². The molecule has 0 radical (unpaired) electrons. The Kier molecular flexibility index (Phi) is 7.88. The van der Waals surface area contributed by atoms with E-state index >= 15 is 0 Å². The van der Waals surface area contributed by atoms with Crippen molar-refractivity contribution in [3.8, 4) is 17.1 Å². The summed E-state index contributed by atoms with van der Waals surface area (Å²) in [7, 11) is 1.47. The highest BCUT2D eigenvalue weighted by atomic mass is 16.6. The molecule has 1 fully saturated rings. The maximum absolute atomic E-state index is 12.7. The van der Waals surface area contributed by atoms with Crippen LogP contribution in [0, 0.1) is 0 Å². The van der Waals surface area contributed by atoms with Crippen molar-refractivity contribution in [1.29, 1.82) is 0 Å². The normalized spacial score (nSPS) is 12.6. The number of carboxylic acids is 1. The van der Waals surface area contributed by atoms with Crippen molar-refractivity contribution < 1.29 is 29.1 Å². The number of nitrogens with zero attached hydrogens (tertiary/aromatic N) is 5. The molecule has 14 nitrogen and oxygen atoms in total. The van der Waals surface area contributed by atoms with E-state index in [0.717, 1.165) is 12.8 Å². The Morgan fingerprint density at radius 2 is 1.97 bits per heavy atom. The first-order valence-electron chi connectivity index (χ1n) is 11.6. The first-order chi connectivity index (χ1) is 17.9. The SMILES string of the molecule is CCONC(=O)c1nnc(C(=O)NC2CC2)cc1Nc1cccc(-c2ncn(CCC(=O)O)n2)c1OC. The highest BCUT2D eigenvalue weighted by Crippen LogP contribution is 2.37. The van der Waals surface area contributed by atoms with Gasteiger partial charge in [0, 0.05) is 6.04 Å². The van der Waals surface area contributed by atoms with Crippen LogP contribution in [0.2, 0.25) is 0 Å². The molecule has 194 valence electrons. The van der Waals surface area contributed by atoms with E-state index in [1.54, 1.807) is 25.1 Å². The number of benzene rings is 1. The molecule has 0 bridgehead atoms. The number of rotatable bonds is 12. The van der Waals surface area contributed by atoms with Gasteiger partial charge in [0.1, 0.15) is 6.33 Å². The second-order valence-corrected chi connectivity index (χ2v) is 8.09. The van der Waals surface area contributed by atoms with E-state index in [4.69, 9.17) is 14.7 Å². The lowest BCUT2D eigenvalue weighted by molar-refractivity contribution is -0.137. The first-order valence-corrected chi connectivity index (χ1v) is 11.6. The van der Waals surface area contributed by atoms with Crippen molar-refractivity contribution in [3.05, 3.63) is 42.0 Å². The number of carboxylic acid groups (broad SMARTS) is 1. The maximum Gasteiger partial charge on any atom is 0.305 e. The van der Waals surface area contributed by atoms with E-state index in [9.17, 15) is 14.4 Å². The fourth-order valence-corrected chi connectivity index (χ4v) is 3.35. The lowest BCUT2D eigenvalue weighted by Crippen LogP contribution is -2.29. The number of methoxy groups -OCH3 is 1. The fourth-order valence-electron chi connectivity index (χ4n) is 3.35. The molecule has 37 heavy (non-hydrogen) atoms. The van der Waals surface area contributed by atoms with E-state index in [1.807, 2.05) is 0 Å². The summed E-state index contributed by atoms with van der Waals surface area (Å²) in [6, 6.07) is 6.72. The first kappa shape index (κ1) is 25.5. The van der Waals surface area contributed by atoms with Gasteiger partial charge in [0.2, 0.25) is 0 Å². The predicted molar refractivity (Wildman–Crippen MR) is 129 cm³/mol. The Bertz CT molecular complexity index is 1310. The molecule has 1 aromatic carbocycles. The maximum atomic E-state index is 12.7. The molecular formula is C23H26N8O6. The summed E-state index contributed by atoms with van der Waals surface area (Å²) >= 11 is 0. The molecule has 0 atom stereocenters. The van der Waals surface area contributed by atoms with Crippen LogP contribution in [0.3, 0.4) is 0 Å². The number of carbonyl (C=O) groups excluding carboxylic acids is 2. The molecule has 0 unspecified atom stereocenters. The van der Waals surface area contributed by atoms with Gasteiger partial charge < -0.3 is 20.5 Å². The van der Waals surface area contributed by atoms with Crippen LogP contribution in [-0.4, -0.2) is 67.6 Å². The highest BCUT2D eigenvalue weighted by Gasteiger charge is 2.26. The molecule has 14 heteroatoms. The van der Waals surface area contributed by atoms with Crippen molar-refractivity contribution in [3.63, 3.8) is 0 Å². The number of para-hydroxylation sites is 1. The summed E-state index contributed by atoms with van der Waals surface area (Å²) in [6.07, 6.45) is 3.15. The quantitative estimate of drug-likeness (QED) is 0.259. The van der Waals surface area contributed by atoms with Gasteiger partial charge in [0.15, 0.2) is 23.0 Å². The van der Waals surface area contributed by atoms with E-state index in [0.29, 0.717) is 22.8 Å². The average Bonchev–Trinajstić information content (AvgIpc) is 3.58. The van der Waals surface area contributed by atoms with Crippen molar-refractivity contribution >= 4 is 29.2 Å². The van der Waals surface area contributed by atoms with Gasteiger partial charge in [0.25, 0.3) is 11.8 Å². The van der Waals surface area contributed by atoms with Gasteiger partial charge in [-0.3, -0.25) is 23.9 Å². The molecule has 0 aliphatic heterocycles. The van der Waals surface area contributed by atoms with Crippen molar-refractivity contribution in [1.82, 2.24) is 35.8 Å². The summed E-state index contributed by atoms with van der Waals surface area (Å²) in [6.45, 7) is 2.12. The molecule has 3 aromatic rings. The topological polar surface area (TPSA) is 182 Å². The number of aliphatic carboxylic acids is 1. The lowest BCUT2D eigenvalue weighted by atomic mass is 10.1. The van der Waals surface area contributed by atoms with Crippen LogP contribution in [0.15, 0.2) is 30.6 Å². The molecule has 2 amide bonds. The third-order valence-corrected chi connectivity index (χ3v) is 5.28. The van der Waals surface area contributed by atoms with Gasteiger partial charge in [-0.05, 0) is 38.0 Å². The second-order valence-electron chi connectivity index (χ2n) is 8.09. The molecule has 1 aliphatic carbocycles. The van der Waals surface area contributed by atoms with Crippen molar-refractivity contribution in [2.24, 2.45) is 0 Å². The molecule has 0 spiro atoms. The van der Waals surface area contributed by atoms with Crippen LogP contribution >= 0.6 is 0 Å². The minimum absolute atomic E-state index is 0.0383. The Hall–Kier alpha value is -4.59. The number of aryl methyl sites for hydroxylation is 1. The summed E-state index contributed by atoms with van der Waals surface area (Å²) in [5, 5.41) is 27.1. The average molecular weight is 511 g/mol. The van der Waals surface area contributed by atoms with Crippen LogP contribution in [0.1, 0.15) is 47.2 Å². The molecule has 1 saturated carbocycles. The summed E-state index contributed by atoms with van der Waals surface area (Å²) in [5.41, 5.74) is 3.38. The van der Waals surface area contributed by atoms with Gasteiger partial charge in [0.05, 0.1) is 43.6 Å². The Morgan fingerprint density at radius 1 is 1.16 bits per heavy atom. The zero-order valence-electron chi connectivity index (χ0n) is 20.2. The summed E-state index contributed by atoms with van der Waals surface area (Å²) < 4.78 is 7.06. The molecule has 4 N–H and O–H groups in total. The number of hydrogen-bond donors (Lipinski definition) is 4. The van der Waals surface area contributed by atoms with E-state index in [-0.39, 0.29) is 42.7 Å². The van der Waals surface area contributed by atoms with Crippen LogP contribution in [-0.2, 0) is 16.2 Å². The molecule has 0 saturated heterocycles. The number of aromatic nitrogens is 5. The van der Waals surface area contributed by atoms with Gasteiger partial charge in [-0.2, -0.15) is 5.10 Å². The number of amides is 2. The zero-order chi connectivity index (χ0) is 26.4. The number of ether oxygens (including phenoxy) is 1. The molecular weight excluding hydrogens is 484 g/mol. The minimum atomic E-state index is -0.943. The van der Waals surface area contributed by atoms with Gasteiger partial charge in [-0.25, -0.2) is 10.5 Å². The van der Waals surface area contributed by atoms with E-state index in [1.165, 1.54) is 24.2 Å². The molecule has 1 aliphatic rings. The number of hydroxylamine groups is 1. The van der Waals surface area contributed by atoms with Crippen LogP contribution in [0.25, 0.3) is 11.4 Å². The van der Waals surface area contributed by atoms with Gasteiger partial charge >= 0.3 is 5.97 Å². The summed E-state index contributed by atoms with van der Waals surface area (Å²) in [5.74, 6) is -1.32. The molecule has 2 aromatic heterocycles. The smallest absolute Gasteiger partial charge is 0.305 e. The fraction of sp³-hybridized carbons (Fsp3) is 0.348. The Labute approximate surface area is 211 Å². The monoisotopic (exact) mass is 510 g/mol. The predicted octanol–water partition coefficient (Wildman–Crippen LogP) is 1.54. The van der Waals surface area contributed by atoms with Gasteiger partial charge in [-0.15, -0.1) is 10.2 Å². The third kappa shape index (κ3) is 6.35. The van der Waals surface area contributed by atoms with Crippen LogP contribution in [0.4, 0.5) is 11.4 Å². The van der Waals surface area contributed by atoms with Crippen molar-refractivity contribution in [2.75, 3.05) is 19.0 Å². The second kappa shape index (κ2) is 11.4. The van der Waals surface area contributed by atoms with Crippen molar-refractivity contribution in [2.45, 2.75) is 38.8 Å². The molecule has 2 heterocycles. The van der Waals surface area contributed by atoms with E-state index < -0.39 is 17.8 Å². The number of hydrogen-bond acceptors (Lipinski definition) is 10. The highest BCUT2D eigenvalue weighted by molar-refractivity contribution is 6.00. The van der Waals surface area contributed by atoms with E-state index in [2.05, 4.69) is 36.4 Å². The lowest BCUT2D eigenvalue weighted by Gasteiger charge is -2.16. The van der Waals surface area contributed by atoms with Crippen LogP contribution in [0.5, 0.6) is 5.75 Å². The largest absolute Gasteiger partial charge is 0.494 e. The Balaban J connectivity index is 1.67. The summed E-state index contributed by atoms with van der Waals surface area (Å²) in [4.78, 5) is 45.4. The Morgan fingerprint density at radius 3 is 2.68 bits per heavy atom. The van der Waals surface area contributed by atoms with Gasteiger partial charge in [-0.1, -0.05) is 6.07 Å². The minimum Gasteiger partial charge on any atom is -0.494 e. The number of nitrogens with one attached hydrogen (secondary N) is 3. The number of carbonyl (C=O) groups is 3. The third-order valence-electron chi connectivity index (χ3n) is 5.28. The standard InChI is InChI=1S/C23H26N8O6/c1-3-37-30-23(35)19-16(11-17(27-28-19)22(34)25-13-7-8-13)26-15-6-4-5-14(20(15)36-2)21-24-12-31(29-21)10-9-18(32)33/h4-6,11-13H,3,7-10H2,1-2H3,(H,25,34)(H,26,27)(H,30,35)(H,32,33). The molecule has 4 rings (SSSR count). The zero-order valence-corrected chi connectivity index (χ0v) is 20.2.